The highest BCUT2D eigenvalue weighted by Gasteiger charge is 2.21. The van der Waals surface area contributed by atoms with Crippen molar-refractivity contribution in [3.8, 4) is 0 Å². The molecule has 0 saturated carbocycles. The van der Waals surface area contributed by atoms with Crippen LogP contribution in [-0.4, -0.2) is 35.0 Å². The summed E-state index contributed by atoms with van der Waals surface area (Å²) in [7, 11) is 0. The van der Waals surface area contributed by atoms with E-state index in [4.69, 9.17) is 9.97 Å². The van der Waals surface area contributed by atoms with E-state index in [1.54, 1.807) is 11.8 Å². The van der Waals surface area contributed by atoms with Gasteiger partial charge in [-0.2, -0.15) is 0 Å². The first-order valence-electron chi connectivity index (χ1n) is 10.4. The van der Waals surface area contributed by atoms with E-state index < -0.39 is 0 Å². The van der Waals surface area contributed by atoms with Crippen molar-refractivity contribution in [2.45, 2.75) is 69.8 Å². The Hall–Kier alpha value is -2.08. The quantitative estimate of drug-likeness (QED) is 0.545. The van der Waals surface area contributed by atoms with Crippen LogP contribution in [-0.2, 0) is 11.2 Å². The zero-order chi connectivity index (χ0) is 21.0. The van der Waals surface area contributed by atoms with E-state index in [0.717, 1.165) is 41.1 Å². The maximum atomic E-state index is 12.3. The summed E-state index contributed by atoms with van der Waals surface area (Å²) in [5, 5.41) is 3.75. The Kier molecular flexibility index (Phi) is 6.83. The molecule has 0 atom stereocenters. The monoisotopic (exact) mass is 412 g/mol. The first kappa shape index (κ1) is 21.6. The number of hydrogen-bond donors (Lipinski definition) is 1. The summed E-state index contributed by atoms with van der Waals surface area (Å²) in [5.74, 6) is 1.74. The van der Waals surface area contributed by atoms with Crippen LogP contribution in [0, 0.1) is 0 Å². The molecule has 1 fully saturated rings. The van der Waals surface area contributed by atoms with Gasteiger partial charge in [0.1, 0.15) is 5.82 Å². The predicted octanol–water partition coefficient (Wildman–Crippen LogP) is 4.80. The lowest BCUT2D eigenvalue weighted by Crippen LogP contribution is -2.30. The lowest BCUT2D eigenvalue weighted by atomic mass is 9.92. The Morgan fingerprint density at radius 1 is 1.17 bits per heavy atom. The molecule has 6 heteroatoms. The molecule has 0 spiro atoms. The van der Waals surface area contributed by atoms with Gasteiger partial charge in [0.25, 0.3) is 5.91 Å². The number of nitrogens with one attached hydrogen (secondary N) is 1. The number of hydrogen-bond acceptors (Lipinski definition) is 5. The van der Waals surface area contributed by atoms with Crippen LogP contribution < -0.4 is 10.2 Å². The minimum Gasteiger partial charge on any atom is -0.356 e. The van der Waals surface area contributed by atoms with Crippen LogP contribution in [0.25, 0.3) is 0 Å². The highest BCUT2D eigenvalue weighted by Crippen LogP contribution is 2.29. The van der Waals surface area contributed by atoms with E-state index in [1.807, 2.05) is 38.1 Å². The van der Waals surface area contributed by atoms with Gasteiger partial charge in [-0.05, 0) is 44.4 Å². The molecule has 3 rings (SSSR count). The number of rotatable bonds is 6. The first-order valence-corrected chi connectivity index (χ1v) is 11.4. The maximum Gasteiger partial charge on any atom is 0.251 e. The molecule has 29 heavy (non-hydrogen) atoms. The van der Waals surface area contributed by atoms with Gasteiger partial charge in [0, 0.05) is 41.9 Å². The molecule has 1 aliphatic heterocycles. The third kappa shape index (κ3) is 5.95. The molecular formula is C23H32N4OS. The van der Waals surface area contributed by atoms with Crippen LogP contribution >= 0.6 is 11.8 Å². The molecule has 5 nitrogen and oxygen atoms in total. The van der Waals surface area contributed by atoms with Gasteiger partial charge >= 0.3 is 0 Å². The maximum absolute atomic E-state index is 12.3. The lowest BCUT2D eigenvalue weighted by Gasteiger charge is -2.23. The molecule has 1 aromatic heterocycles. The van der Waals surface area contributed by atoms with E-state index in [1.165, 1.54) is 12.8 Å². The summed E-state index contributed by atoms with van der Waals surface area (Å²) >= 11 is 1.63. The molecule has 0 aliphatic carbocycles. The molecule has 0 unspecified atom stereocenters. The van der Waals surface area contributed by atoms with Crippen molar-refractivity contribution in [3.63, 3.8) is 0 Å². The minimum absolute atomic E-state index is 0.0262. The normalized spacial score (nSPS) is 14.5. The van der Waals surface area contributed by atoms with Crippen molar-refractivity contribution in [1.82, 2.24) is 15.3 Å². The summed E-state index contributed by atoms with van der Waals surface area (Å²) in [6, 6.07) is 10.1. The number of carbonyl (C=O) groups excluding carboxylic acids is 1. The molecule has 1 aromatic carbocycles. The number of nitrogens with zero attached hydrogens (tertiary/aromatic N) is 3. The molecule has 1 N–H and O–H groups in total. The topological polar surface area (TPSA) is 58.1 Å². The van der Waals surface area contributed by atoms with Gasteiger partial charge in [0.15, 0.2) is 5.16 Å². The van der Waals surface area contributed by atoms with Gasteiger partial charge in [-0.1, -0.05) is 44.7 Å². The zero-order valence-electron chi connectivity index (χ0n) is 18.2. The third-order valence-electron chi connectivity index (χ3n) is 4.87. The predicted molar refractivity (Wildman–Crippen MR) is 121 cm³/mol. The van der Waals surface area contributed by atoms with Gasteiger partial charge in [0.2, 0.25) is 0 Å². The van der Waals surface area contributed by atoms with Crippen molar-refractivity contribution in [2.75, 3.05) is 18.0 Å². The van der Waals surface area contributed by atoms with Crippen molar-refractivity contribution >= 4 is 23.5 Å². The van der Waals surface area contributed by atoms with E-state index >= 15 is 0 Å². The van der Waals surface area contributed by atoms with E-state index in [9.17, 15) is 4.79 Å². The Bertz CT molecular complexity index is 854. The standard InChI is InChI=1S/C23H32N4OS/c1-16(2)24-21(28)18-10-8-9-17(13-18)15-29-22-25-19(23(3,4)5)14-20(26-22)27-11-6-7-12-27/h8-10,13-14,16H,6-7,11-12,15H2,1-5H3,(H,24,28). The fourth-order valence-corrected chi connectivity index (χ4v) is 4.06. The Morgan fingerprint density at radius 2 is 1.90 bits per heavy atom. The number of benzene rings is 1. The second kappa shape index (κ2) is 9.16. The second-order valence-electron chi connectivity index (χ2n) is 8.96. The van der Waals surface area contributed by atoms with Crippen LogP contribution in [0.2, 0.25) is 0 Å². The van der Waals surface area contributed by atoms with Crippen LogP contribution in [0.5, 0.6) is 0 Å². The van der Waals surface area contributed by atoms with Gasteiger partial charge < -0.3 is 10.2 Å². The minimum atomic E-state index is -0.0332. The van der Waals surface area contributed by atoms with Crippen LogP contribution in [0.15, 0.2) is 35.5 Å². The summed E-state index contributed by atoms with van der Waals surface area (Å²) in [4.78, 5) is 24.3. The molecule has 1 amide bonds. The fourth-order valence-electron chi connectivity index (χ4n) is 3.27. The molecule has 2 aromatic rings. The molecule has 2 heterocycles. The lowest BCUT2D eigenvalue weighted by molar-refractivity contribution is 0.0943. The van der Waals surface area contributed by atoms with E-state index in [-0.39, 0.29) is 17.4 Å². The van der Waals surface area contributed by atoms with Gasteiger partial charge in [0.05, 0.1) is 5.69 Å². The Balaban J connectivity index is 1.78. The first-order chi connectivity index (χ1) is 13.7. The summed E-state index contributed by atoms with van der Waals surface area (Å²) in [6.45, 7) is 12.6. The van der Waals surface area contributed by atoms with E-state index in [2.05, 4.69) is 37.1 Å². The largest absolute Gasteiger partial charge is 0.356 e. The van der Waals surface area contributed by atoms with E-state index in [0.29, 0.717) is 5.56 Å². The molecular weight excluding hydrogens is 380 g/mol. The van der Waals surface area contributed by atoms with Crippen molar-refractivity contribution < 1.29 is 4.79 Å². The smallest absolute Gasteiger partial charge is 0.251 e. The average Bonchev–Trinajstić information content (AvgIpc) is 3.20. The van der Waals surface area contributed by atoms with Crippen molar-refractivity contribution in [2.24, 2.45) is 0 Å². The third-order valence-corrected chi connectivity index (χ3v) is 5.79. The highest BCUT2D eigenvalue weighted by molar-refractivity contribution is 7.98. The summed E-state index contributed by atoms with van der Waals surface area (Å²) < 4.78 is 0. The molecule has 1 saturated heterocycles. The fraction of sp³-hybridized carbons (Fsp3) is 0.522. The average molecular weight is 413 g/mol. The number of anilines is 1. The molecule has 1 aliphatic rings. The number of amides is 1. The number of carbonyl (C=O) groups is 1. The van der Waals surface area contributed by atoms with Crippen LogP contribution in [0.4, 0.5) is 5.82 Å². The van der Waals surface area contributed by atoms with Crippen molar-refractivity contribution in [3.05, 3.63) is 47.2 Å². The number of thioether (sulfide) groups is 1. The molecule has 0 bridgehead atoms. The SMILES string of the molecule is CC(C)NC(=O)c1cccc(CSc2nc(N3CCCC3)cc(C(C)(C)C)n2)c1. The van der Waals surface area contributed by atoms with Gasteiger partial charge in [-0.3, -0.25) is 4.79 Å². The Morgan fingerprint density at radius 3 is 2.55 bits per heavy atom. The summed E-state index contributed by atoms with van der Waals surface area (Å²) in [6.07, 6.45) is 2.45. The van der Waals surface area contributed by atoms with Crippen molar-refractivity contribution in [1.29, 1.82) is 0 Å². The van der Waals surface area contributed by atoms with Crippen LogP contribution in [0.3, 0.4) is 0 Å². The van der Waals surface area contributed by atoms with Gasteiger partial charge in [-0.15, -0.1) is 0 Å². The zero-order valence-corrected chi connectivity index (χ0v) is 19.0. The Labute approximate surface area is 178 Å². The molecule has 156 valence electrons. The second-order valence-corrected chi connectivity index (χ2v) is 9.90. The molecule has 0 radical (unpaired) electrons. The van der Waals surface area contributed by atoms with Crippen LogP contribution in [0.1, 0.15) is 69.1 Å². The van der Waals surface area contributed by atoms with Gasteiger partial charge in [-0.25, -0.2) is 9.97 Å². The number of aromatic nitrogens is 2. The highest BCUT2D eigenvalue weighted by atomic mass is 32.2. The summed E-state index contributed by atoms with van der Waals surface area (Å²) in [5.41, 5.74) is 2.83.